The van der Waals surface area contributed by atoms with Crippen molar-refractivity contribution in [1.29, 1.82) is 0 Å². The number of ether oxygens (including phenoxy) is 1. The molecule has 1 aliphatic carbocycles. The molecule has 0 heterocycles. The summed E-state index contributed by atoms with van der Waals surface area (Å²) < 4.78 is 5.74. The van der Waals surface area contributed by atoms with Gasteiger partial charge in [-0.15, -0.1) is 0 Å². The van der Waals surface area contributed by atoms with E-state index in [0.29, 0.717) is 0 Å². The minimum atomic E-state index is 0.240. The molecule has 0 bridgehead atoms. The van der Waals surface area contributed by atoms with E-state index in [9.17, 15) is 0 Å². The maximum Gasteiger partial charge on any atom is 0.122 e. The first-order valence-electron chi connectivity index (χ1n) is 5.68. The van der Waals surface area contributed by atoms with Crippen molar-refractivity contribution in [3.05, 3.63) is 23.8 Å². The average Bonchev–Trinajstić information content (AvgIpc) is 2.99. The fourth-order valence-corrected chi connectivity index (χ4v) is 1.76. The number of nitrogens with one attached hydrogen (secondary N) is 1. The first-order chi connectivity index (χ1) is 7.19. The Bertz CT molecular complexity index is 342. The molecule has 0 unspecified atom stereocenters. The fourth-order valence-electron chi connectivity index (χ4n) is 1.76. The Kier molecular flexibility index (Phi) is 2.85. The van der Waals surface area contributed by atoms with E-state index < -0.39 is 0 Å². The van der Waals surface area contributed by atoms with Crippen LogP contribution in [0.15, 0.2) is 18.2 Å². The summed E-state index contributed by atoms with van der Waals surface area (Å²) in [7, 11) is 1.95. The summed E-state index contributed by atoms with van der Waals surface area (Å²) in [5.74, 6) is 1.76. The van der Waals surface area contributed by atoms with Gasteiger partial charge in [-0.25, -0.2) is 0 Å². The van der Waals surface area contributed by atoms with Gasteiger partial charge in [-0.3, -0.25) is 0 Å². The number of rotatable bonds is 4. The highest BCUT2D eigenvalue weighted by Crippen LogP contribution is 2.42. The fraction of sp³-hybridized carbons (Fsp3) is 0.538. The van der Waals surface area contributed by atoms with Crippen molar-refractivity contribution in [3.8, 4) is 5.75 Å². The Labute approximate surface area is 91.6 Å². The van der Waals surface area contributed by atoms with Gasteiger partial charge in [0, 0.05) is 18.8 Å². The lowest BCUT2D eigenvalue weighted by Crippen LogP contribution is -2.06. The maximum atomic E-state index is 5.74. The number of hydrogen-bond acceptors (Lipinski definition) is 2. The summed E-state index contributed by atoms with van der Waals surface area (Å²) in [6.07, 6.45) is 2.90. The molecular formula is C13H19NO. The van der Waals surface area contributed by atoms with E-state index in [1.54, 1.807) is 0 Å². The molecule has 1 aromatic rings. The highest BCUT2D eigenvalue weighted by Gasteiger charge is 2.24. The highest BCUT2D eigenvalue weighted by molar-refractivity contribution is 5.52. The van der Waals surface area contributed by atoms with Gasteiger partial charge in [0.1, 0.15) is 5.75 Å². The lowest BCUT2D eigenvalue weighted by Gasteiger charge is -2.13. The van der Waals surface area contributed by atoms with E-state index in [4.69, 9.17) is 4.74 Å². The molecule has 1 aliphatic rings. The van der Waals surface area contributed by atoms with Crippen molar-refractivity contribution in [2.45, 2.75) is 38.7 Å². The smallest absolute Gasteiger partial charge is 0.122 e. The number of hydrogen-bond donors (Lipinski definition) is 1. The van der Waals surface area contributed by atoms with Gasteiger partial charge in [0.25, 0.3) is 0 Å². The average molecular weight is 205 g/mol. The quantitative estimate of drug-likeness (QED) is 0.813. The Balaban J connectivity index is 2.24. The van der Waals surface area contributed by atoms with Gasteiger partial charge >= 0.3 is 0 Å². The van der Waals surface area contributed by atoms with Crippen LogP contribution in [0.1, 0.15) is 38.2 Å². The van der Waals surface area contributed by atoms with Crippen molar-refractivity contribution < 1.29 is 4.74 Å². The van der Waals surface area contributed by atoms with Crippen molar-refractivity contribution in [1.82, 2.24) is 0 Å². The summed E-state index contributed by atoms with van der Waals surface area (Å²) in [4.78, 5) is 0. The van der Waals surface area contributed by atoms with E-state index in [1.165, 1.54) is 18.4 Å². The number of benzene rings is 1. The molecule has 1 N–H and O–H groups in total. The SMILES string of the molecule is CNc1cc(OC(C)C)cc(C2CC2)c1. The summed E-state index contributed by atoms with van der Waals surface area (Å²) in [6.45, 7) is 4.12. The van der Waals surface area contributed by atoms with Gasteiger partial charge < -0.3 is 10.1 Å². The molecule has 0 atom stereocenters. The molecule has 2 rings (SSSR count). The van der Waals surface area contributed by atoms with Gasteiger partial charge in [0.05, 0.1) is 6.10 Å². The second-order valence-electron chi connectivity index (χ2n) is 4.48. The second-order valence-corrected chi connectivity index (χ2v) is 4.48. The van der Waals surface area contributed by atoms with Crippen molar-refractivity contribution >= 4 is 5.69 Å². The van der Waals surface area contributed by atoms with Crippen LogP contribution in [0.3, 0.4) is 0 Å². The van der Waals surface area contributed by atoms with Crippen molar-refractivity contribution in [2.24, 2.45) is 0 Å². The zero-order chi connectivity index (χ0) is 10.8. The first-order valence-corrected chi connectivity index (χ1v) is 5.68. The predicted molar refractivity (Wildman–Crippen MR) is 63.7 cm³/mol. The van der Waals surface area contributed by atoms with Crippen LogP contribution in [0.25, 0.3) is 0 Å². The van der Waals surface area contributed by atoms with Crippen LogP contribution in [0.2, 0.25) is 0 Å². The Morgan fingerprint density at radius 2 is 2.00 bits per heavy atom. The molecule has 15 heavy (non-hydrogen) atoms. The highest BCUT2D eigenvalue weighted by atomic mass is 16.5. The van der Waals surface area contributed by atoms with Crippen LogP contribution in [0.5, 0.6) is 5.75 Å². The van der Waals surface area contributed by atoms with E-state index >= 15 is 0 Å². The molecule has 0 saturated heterocycles. The minimum Gasteiger partial charge on any atom is -0.491 e. The molecule has 1 aromatic carbocycles. The van der Waals surface area contributed by atoms with Crippen LogP contribution in [-0.4, -0.2) is 13.2 Å². The van der Waals surface area contributed by atoms with Crippen LogP contribution in [0.4, 0.5) is 5.69 Å². The molecule has 0 radical (unpaired) electrons. The normalized spacial score (nSPS) is 15.5. The predicted octanol–water partition coefficient (Wildman–Crippen LogP) is 3.39. The van der Waals surface area contributed by atoms with Gasteiger partial charge in [-0.05, 0) is 50.3 Å². The van der Waals surface area contributed by atoms with Crippen LogP contribution in [-0.2, 0) is 0 Å². The molecule has 0 aliphatic heterocycles. The zero-order valence-electron chi connectivity index (χ0n) is 9.71. The first kappa shape index (κ1) is 10.3. The second kappa shape index (κ2) is 4.13. The van der Waals surface area contributed by atoms with E-state index in [2.05, 4.69) is 37.4 Å². The molecule has 0 amide bonds. The van der Waals surface area contributed by atoms with Crippen LogP contribution < -0.4 is 10.1 Å². The zero-order valence-corrected chi connectivity index (χ0v) is 9.71. The molecule has 0 spiro atoms. The monoisotopic (exact) mass is 205 g/mol. The largest absolute Gasteiger partial charge is 0.491 e. The summed E-state index contributed by atoms with van der Waals surface area (Å²) in [5, 5.41) is 3.18. The molecule has 0 aromatic heterocycles. The third-order valence-electron chi connectivity index (χ3n) is 2.64. The van der Waals surface area contributed by atoms with Crippen molar-refractivity contribution in [2.75, 3.05) is 12.4 Å². The lowest BCUT2D eigenvalue weighted by molar-refractivity contribution is 0.242. The molecule has 2 heteroatoms. The molecule has 1 saturated carbocycles. The summed E-state index contributed by atoms with van der Waals surface area (Å²) in [5.41, 5.74) is 2.56. The molecule has 82 valence electrons. The van der Waals surface area contributed by atoms with Crippen molar-refractivity contribution in [3.63, 3.8) is 0 Å². The molecular weight excluding hydrogens is 186 g/mol. The Morgan fingerprint density at radius 1 is 1.27 bits per heavy atom. The maximum absolute atomic E-state index is 5.74. The van der Waals surface area contributed by atoms with Gasteiger partial charge in [0.2, 0.25) is 0 Å². The van der Waals surface area contributed by atoms with E-state index in [-0.39, 0.29) is 6.10 Å². The lowest BCUT2D eigenvalue weighted by atomic mass is 10.1. The Morgan fingerprint density at radius 3 is 2.53 bits per heavy atom. The minimum absolute atomic E-state index is 0.240. The van der Waals surface area contributed by atoms with Crippen LogP contribution >= 0.6 is 0 Å². The third kappa shape index (κ3) is 2.65. The standard InChI is InChI=1S/C13H19NO/c1-9(2)15-13-7-11(10-4-5-10)6-12(8-13)14-3/h6-10,14H,4-5H2,1-3H3. The number of anilines is 1. The van der Waals surface area contributed by atoms with E-state index in [1.807, 2.05) is 7.05 Å². The van der Waals surface area contributed by atoms with E-state index in [0.717, 1.165) is 17.4 Å². The molecule has 1 fully saturated rings. The Hall–Kier alpha value is -1.18. The van der Waals surface area contributed by atoms with Gasteiger partial charge in [0.15, 0.2) is 0 Å². The third-order valence-corrected chi connectivity index (χ3v) is 2.64. The summed E-state index contributed by atoms with van der Waals surface area (Å²) >= 11 is 0. The topological polar surface area (TPSA) is 21.3 Å². The van der Waals surface area contributed by atoms with Crippen LogP contribution in [0, 0.1) is 0 Å². The van der Waals surface area contributed by atoms with Gasteiger partial charge in [-0.1, -0.05) is 0 Å². The van der Waals surface area contributed by atoms with Gasteiger partial charge in [-0.2, -0.15) is 0 Å². The summed E-state index contributed by atoms with van der Waals surface area (Å²) in [6, 6.07) is 6.47. The molecule has 2 nitrogen and oxygen atoms in total.